The molecular weight excluding hydrogens is 288 g/mol. The van der Waals surface area contributed by atoms with E-state index in [1.165, 1.54) is 0 Å². The number of nitrogens with zero attached hydrogens (tertiary/aromatic N) is 1. The van der Waals surface area contributed by atoms with Crippen molar-refractivity contribution in [2.24, 2.45) is 0 Å². The second-order valence-corrected chi connectivity index (χ2v) is 3.35. The number of nitrogen functional groups attached to an aromatic ring is 1. The Morgan fingerprint density at radius 3 is 2.57 bits per heavy atom. The molecule has 0 atom stereocenters. The van der Waals surface area contributed by atoms with Crippen LogP contribution >= 0.6 is 27.5 Å². The molecule has 0 aliphatic heterocycles. The molecule has 1 aromatic heterocycles. The van der Waals surface area contributed by atoms with Gasteiger partial charge in [0, 0.05) is 0 Å². The maximum atomic E-state index is 11.9. The van der Waals surface area contributed by atoms with Crippen molar-refractivity contribution in [2.75, 3.05) is 5.73 Å². The Bertz CT molecular complexity index is 358. The van der Waals surface area contributed by atoms with Gasteiger partial charge in [-0.3, -0.25) is 0 Å². The summed E-state index contributed by atoms with van der Waals surface area (Å²) in [5, 5.41) is -0.154. The number of hydrogen-bond acceptors (Lipinski definition) is 3. The number of halogens is 5. The first-order valence-corrected chi connectivity index (χ1v) is 4.33. The molecule has 0 amide bonds. The molecule has 8 heteroatoms. The highest BCUT2D eigenvalue weighted by atomic mass is 79.9. The molecule has 0 spiro atoms. The van der Waals surface area contributed by atoms with Crippen LogP contribution in [0.3, 0.4) is 0 Å². The summed E-state index contributed by atoms with van der Waals surface area (Å²) < 4.78 is 39.1. The average Bonchev–Trinajstić information content (AvgIpc) is 2.04. The van der Waals surface area contributed by atoms with Crippen LogP contribution in [0.15, 0.2) is 10.7 Å². The molecule has 0 radical (unpaired) electrons. The summed E-state index contributed by atoms with van der Waals surface area (Å²) in [6.07, 6.45) is -3.84. The predicted octanol–water partition coefficient (Wildman–Crippen LogP) is 2.98. The number of ether oxygens (including phenoxy) is 1. The number of hydrogen-bond donors (Lipinski definition) is 1. The van der Waals surface area contributed by atoms with E-state index in [-0.39, 0.29) is 15.3 Å². The maximum Gasteiger partial charge on any atom is 0.573 e. The fourth-order valence-electron chi connectivity index (χ4n) is 0.681. The van der Waals surface area contributed by atoms with Crippen LogP contribution in [-0.4, -0.2) is 11.3 Å². The highest BCUT2D eigenvalue weighted by molar-refractivity contribution is 9.10. The molecule has 0 aliphatic carbocycles. The standard InChI is InChI=1S/C6H3BrClF3N2O/c7-3-4(14-6(9,10)11)2(12)1-13-5(3)8/h1H,12H2. The minimum Gasteiger partial charge on any atom is -0.402 e. The molecule has 0 saturated carbocycles. The van der Waals surface area contributed by atoms with Gasteiger partial charge in [-0.1, -0.05) is 11.6 Å². The summed E-state index contributed by atoms with van der Waals surface area (Å²) in [6, 6.07) is 0. The van der Waals surface area contributed by atoms with Crippen LogP contribution in [0.1, 0.15) is 0 Å². The lowest BCUT2D eigenvalue weighted by molar-refractivity contribution is -0.274. The van der Waals surface area contributed by atoms with Crippen molar-refractivity contribution in [2.45, 2.75) is 6.36 Å². The molecule has 3 nitrogen and oxygen atoms in total. The molecule has 14 heavy (non-hydrogen) atoms. The van der Waals surface area contributed by atoms with Crippen molar-refractivity contribution in [1.29, 1.82) is 0 Å². The van der Waals surface area contributed by atoms with Gasteiger partial charge in [0.05, 0.1) is 16.4 Å². The Labute approximate surface area is 90.1 Å². The number of alkyl halides is 3. The second kappa shape index (κ2) is 3.82. The normalized spacial score (nSPS) is 11.5. The van der Waals surface area contributed by atoms with Crippen LogP contribution < -0.4 is 10.5 Å². The third-order valence-corrected chi connectivity index (χ3v) is 2.43. The van der Waals surface area contributed by atoms with Crippen LogP contribution in [0.2, 0.25) is 5.15 Å². The van der Waals surface area contributed by atoms with Gasteiger partial charge in [0.2, 0.25) is 0 Å². The number of anilines is 1. The van der Waals surface area contributed by atoms with Gasteiger partial charge in [-0.15, -0.1) is 13.2 Å². The van der Waals surface area contributed by atoms with Crippen LogP contribution in [0, 0.1) is 0 Å². The summed E-state index contributed by atoms with van der Waals surface area (Å²) in [7, 11) is 0. The molecule has 0 aromatic carbocycles. The lowest BCUT2D eigenvalue weighted by Gasteiger charge is -2.12. The first-order valence-electron chi connectivity index (χ1n) is 3.16. The predicted molar refractivity (Wildman–Crippen MR) is 48.0 cm³/mol. The lowest BCUT2D eigenvalue weighted by atomic mass is 10.4. The monoisotopic (exact) mass is 290 g/mol. The zero-order chi connectivity index (χ0) is 10.9. The second-order valence-electron chi connectivity index (χ2n) is 2.20. The molecule has 0 bridgehead atoms. The first-order chi connectivity index (χ1) is 6.31. The summed E-state index contributed by atoms with van der Waals surface area (Å²) in [6.45, 7) is 0. The van der Waals surface area contributed by atoms with Crippen molar-refractivity contribution in [3.8, 4) is 5.75 Å². The van der Waals surface area contributed by atoms with E-state index in [2.05, 4.69) is 25.7 Å². The third-order valence-electron chi connectivity index (χ3n) is 1.18. The third kappa shape index (κ3) is 2.65. The minimum absolute atomic E-state index is 0.128. The van der Waals surface area contributed by atoms with E-state index in [0.717, 1.165) is 6.20 Å². The summed E-state index contributed by atoms with van der Waals surface area (Å²) in [4.78, 5) is 3.52. The van der Waals surface area contributed by atoms with Crippen LogP contribution in [0.25, 0.3) is 0 Å². The highest BCUT2D eigenvalue weighted by Gasteiger charge is 2.33. The molecule has 0 unspecified atom stereocenters. The van der Waals surface area contributed by atoms with Crippen LogP contribution in [0.4, 0.5) is 18.9 Å². The molecular formula is C6H3BrClF3N2O. The number of pyridine rings is 1. The lowest BCUT2D eigenvalue weighted by Crippen LogP contribution is -2.18. The van der Waals surface area contributed by atoms with E-state index in [1.54, 1.807) is 0 Å². The van der Waals surface area contributed by atoms with E-state index in [9.17, 15) is 13.2 Å². The molecule has 0 saturated heterocycles. The van der Waals surface area contributed by atoms with Gasteiger partial charge >= 0.3 is 6.36 Å². The number of rotatable bonds is 1. The van der Waals surface area contributed by atoms with Gasteiger partial charge in [0.15, 0.2) is 5.75 Å². The Kier molecular flexibility index (Phi) is 3.10. The summed E-state index contributed by atoms with van der Waals surface area (Å²) in [5.41, 5.74) is 4.97. The molecule has 1 aromatic rings. The Morgan fingerprint density at radius 1 is 1.50 bits per heavy atom. The van der Waals surface area contributed by atoms with Crippen molar-refractivity contribution in [1.82, 2.24) is 4.98 Å². The van der Waals surface area contributed by atoms with E-state index in [0.29, 0.717) is 0 Å². The number of nitrogens with two attached hydrogens (primary N) is 1. The quantitative estimate of drug-likeness (QED) is 0.809. The van der Waals surface area contributed by atoms with E-state index in [1.807, 2.05) is 0 Å². The fraction of sp³-hybridized carbons (Fsp3) is 0.167. The van der Waals surface area contributed by atoms with Crippen LogP contribution in [0.5, 0.6) is 5.75 Å². The Balaban J connectivity index is 3.13. The van der Waals surface area contributed by atoms with Gasteiger partial charge in [0.25, 0.3) is 0 Å². The molecule has 1 heterocycles. The smallest absolute Gasteiger partial charge is 0.402 e. The molecule has 78 valence electrons. The molecule has 2 N–H and O–H groups in total. The topological polar surface area (TPSA) is 48.1 Å². The van der Waals surface area contributed by atoms with Crippen molar-refractivity contribution in [3.05, 3.63) is 15.8 Å². The van der Waals surface area contributed by atoms with Gasteiger partial charge in [-0.05, 0) is 15.9 Å². The highest BCUT2D eigenvalue weighted by Crippen LogP contribution is 2.38. The summed E-state index contributed by atoms with van der Waals surface area (Å²) in [5.74, 6) is -0.586. The van der Waals surface area contributed by atoms with Gasteiger partial charge in [0.1, 0.15) is 5.15 Å². The minimum atomic E-state index is -4.82. The van der Waals surface area contributed by atoms with E-state index < -0.39 is 12.1 Å². The first kappa shape index (κ1) is 11.4. The SMILES string of the molecule is Nc1cnc(Cl)c(Br)c1OC(F)(F)F. The zero-order valence-electron chi connectivity index (χ0n) is 6.40. The van der Waals surface area contributed by atoms with Crippen molar-refractivity contribution >= 4 is 33.2 Å². The average molecular weight is 291 g/mol. The van der Waals surface area contributed by atoms with Gasteiger partial charge in [-0.25, -0.2) is 4.98 Å². The van der Waals surface area contributed by atoms with E-state index >= 15 is 0 Å². The number of aromatic nitrogens is 1. The van der Waals surface area contributed by atoms with Crippen molar-refractivity contribution in [3.63, 3.8) is 0 Å². The molecule has 0 fully saturated rings. The molecule has 0 aliphatic rings. The molecule has 1 rings (SSSR count). The zero-order valence-corrected chi connectivity index (χ0v) is 8.74. The van der Waals surface area contributed by atoms with Crippen molar-refractivity contribution < 1.29 is 17.9 Å². The van der Waals surface area contributed by atoms with Gasteiger partial charge < -0.3 is 10.5 Å². The Hall–Kier alpha value is -0.690. The Morgan fingerprint density at radius 2 is 2.07 bits per heavy atom. The van der Waals surface area contributed by atoms with Gasteiger partial charge in [-0.2, -0.15) is 0 Å². The maximum absolute atomic E-state index is 11.9. The largest absolute Gasteiger partial charge is 0.573 e. The fourth-order valence-corrected chi connectivity index (χ4v) is 1.23. The van der Waals surface area contributed by atoms with E-state index in [4.69, 9.17) is 17.3 Å². The van der Waals surface area contributed by atoms with Crippen LogP contribution in [-0.2, 0) is 0 Å². The summed E-state index contributed by atoms with van der Waals surface area (Å²) >= 11 is 8.24.